The van der Waals surface area contributed by atoms with E-state index in [4.69, 9.17) is 5.26 Å². The van der Waals surface area contributed by atoms with Gasteiger partial charge in [0.25, 0.3) is 0 Å². The van der Waals surface area contributed by atoms with Crippen LogP contribution >= 0.6 is 11.8 Å². The Morgan fingerprint density at radius 1 is 1.50 bits per heavy atom. The second kappa shape index (κ2) is 5.45. The van der Waals surface area contributed by atoms with E-state index >= 15 is 0 Å². The van der Waals surface area contributed by atoms with Gasteiger partial charge in [-0.2, -0.15) is 17.0 Å². The van der Waals surface area contributed by atoms with Crippen LogP contribution in [0.25, 0.3) is 0 Å². The molecule has 1 aliphatic carbocycles. The zero-order valence-electron chi connectivity index (χ0n) is 7.20. The molecule has 0 aromatic heterocycles. The average Bonchev–Trinajstić information content (AvgIpc) is 2.53. The van der Waals surface area contributed by atoms with Crippen molar-refractivity contribution in [2.45, 2.75) is 43.5 Å². The molecule has 1 unspecified atom stereocenters. The van der Waals surface area contributed by atoms with E-state index in [2.05, 4.69) is 0 Å². The van der Waals surface area contributed by atoms with Crippen molar-refractivity contribution < 1.29 is 5.11 Å². The molecule has 0 amide bonds. The molecule has 0 radical (unpaired) electrons. The highest BCUT2D eigenvalue weighted by Crippen LogP contribution is 2.29. The van der Waals surface area contributed by atoms with E-state index in [-0.39, 0.29) is 6.42 Å². The van der Waals surface area contributed by atoms with E-state index in [1.807, 2.05) is 17.8 Å². The van der Waals surface area contributed by atoms with Crippen molar-refractivity contribution in [3.8, 4) is 6.07 Å². The van der Waals surface area contributed by atoms with Gasteiger partial charge in [-0.3, -0.25) is 0 Å². The van der Waals surface area contributed by atoms with Crippen LogP contribution in [0.4, 0.5) is 0 Å². The third-order valence-electron chi connectivity index (χ3n) is 2.15. The fourth-order valence-electron chi connectivity index (χ4n) is 1.47. The first-order chi connectivity index (χ1) is 5.83. The number of nitrogens with zero attached hydrogens (tertiary/aromatic N) is 1. The number of aliphatic hydroxyl groups excluding tert-OH is 1. The summed E-state index contributed by atoms with van der Waals surface area (Å²) >= 11 is 1.83. The molecule has 0 aromatic carbocycles. The molecule has 1 fully saturated rings. The van der Waals surface area contributed by atoms with Crippen molar-refractivity contribution in [1.82, 2.24) is 0 Å². The van der Waals surface area contributed by atoms with Crippen LogP contribution in [0.15, 0.2) is 0 Å². The summed E-state index contributed by atoms with van der Waals surface area (Å²) in [6.45, 7) is 0. The van der Waals surface area contributed by atoms with Gasteiger partial charge >= 0.3 is 0 Å². The van der Waals surface area contributed by atoms with Crippen LogP contribution in [0, 0.1) is 11.3 Å². The van der Waals surface area contributed by atoms with Crippen LogP contribution in [0.1, 0.15) is 32.1 Å². The van der Waals surface area contributed by atoms with Gasteiger partial charge in [-0.1, -0.05) is 12.8 Å². The zero-order valence-corrected chi connectivity index (χ0v) is 8.02. The van der Waals surface area contributed by atoms with Gasteiger partial charge in [0.2, 0.25) is 0 Å². The second-order valence-electron chi connectivity index (χ2n) is 3.26. The van der Waals surface area contributed by atoms with Crippen molar-refractivity contribution in [2.24, 2.45) is 0 Å². The molecule has 1 saturated carbocycles. The predicted octanol–water partition coefficient (Wildman–Crippen LogP) is 1.94. The van der Waals surface area contributed by atoms with E-state index in [1.54, 1.807) is 0 Å². The van der Waals surface area contributed by atoms with Gasteiger partial charge in [0.1, 0.15) is 0 Å². The highest BCUT2D eigenvalue weighted by Gasteiger charge is 2.16. The Hall–Kier alpha value is -0.200. The summed E-state index contributed by atoms with van der Waals surface area (Å²) in [6.07, 6.45) is 5.13. The molecule has 1 aliphatic rings. The van der Waals surface area contributed by atoms with Gasteiger partial charge in [0, 0.05) is 11.0 Å². The molecule has 68 valence electrons. The molecule has 2 nitrogen and oxygen atoms in total. The van der Waals surface area contributed by atoms with Crippen LogP contribution in [-0.2, 0) is 0 Å². The molecule has 0 spiro atoms. The van der Waals surface area contributed by atoms with E-state index in [0.717, 1.165) is 11.0 Å². The lowest BCUT2D eigenvalue weighted by Crippen LogP contribution is -2.11. The summed E-state index contributed by atoms with van der Waals surface area (Å²) in [7, 11) is 0. The number of thioether (sulfide) groups is 1. The molecular formula is C9H15NOS. The molecule has 1 N–H and O–H groups in total. The SMILES string of the molecule is N#CCC(O)CSC1CCCC1. The minimum Gasteiger partial charge on any atom is -0.391 e. The lowest BCUT2D eigenvalue weighted by molar-refractivity contribution is 0.205. The first kappa shape index (κ1) is 9.88. The minimum atomic E-state index is -0.416. The van der Waals surface area contributed by atoms with Gasteiger partial charge in [-0.05, 0) is 12.8 Å². The lowest BCUT2D eigenvalue weighted by Gasteiger charge is -2.10. The van der Waals surface area contributed by atoms with Crippen molar-refractivity contribution >= 4 is 11.8 Å². The van der Waals surface area contributed by atoms with Crippen molar-refractivity contribution in [1.29, 1.82) is 5.26 Å². The van der Waals surface area contributed by atoms with Gasteiger partial charge in [0.15, 0.2) is 0 Å². The minimum absolute atomic E-state index is 0.278. The van der Waals surface area contributed by atoms with E-state index < -0.39 is 6.10 Å². The third kappa shape index (κ3) is 3.46. The molecule has 0 aromatic rings. The summed E-state index contributed by atoms with van der Waals surface area (Å²) in [6, 6.07) is 1.98. The first-order valence-corrected chi connectivity index (χ1v) is 5.54. The van der Waals surface area contributed by atoms with Crippen LogP contribution in [0.5, 0.6) is 0 Å². The zero-order chi connectivity index (χ0) is 8.81. The number of hydrogen-bond donors (Lipinski definition) is 1. The number of aliphatic hydroxyl groups is 1. The normalized spacial score (nSPS) is 20.7. The van der Waals surface area contributed by atoms with Gasteiger partial charge in [-0.15, -0.1) is 0 Å². The molecule has 0 heterocycles. The Kier molecular flexibility index (Phi) is 4.49. The highest BCUT2D eigenvalue weighted by atomic mass is 32.2. The summed E-state index contributed by atoms with van der Waals surface area (Å²) in [5.41, 5.74) is 0. The van der Waals surface area contributed by atoms with Crippen molar-refractivity contribution in [2.75, 3.05) is 5.75 Å². The fraction of sp³-hybridized carbons (Fsp3) is 0.889. The maximum absolute atomic E-state index is 9.27. The molecule has 3 heteroatoms. The summed E-state index contributed by atoms with van der Waals surface area (Å²) in [5, 5.41) is 18.3. The van der Waals surface area contributed by atoms with E-state index in [9.17, 15) is 5.11 Å². The van der Waals surface area contributed by atoms with Gasteiger partial charge in [0.05, 0.1) is 18.6 Å². The Morgan fingerprint density at radius 2 is 2.17 bits per heavy atom. The average molecular weight is 185 g/mol. The monoisotopic (exact) mass is 185 g/mol. The van der Waals surface area contributed by atoms with E-state index in [0.29, 0.717) is 0 Å². The first-order valence-electron chi connectivity index (χ1n) is 4.49. The molecule has 0 bridgehead atoms. The highest BCUT2D eigenvalue weighted by molar-refractivity contribution is 7.99. The Balaban J connectivity index is 2.04. The summed E-state index contributed by atoms with van der Waals surface area (Å²) < 4.78 is 0. The molecule has 12 heavy (non-hydrogen) atoms. The van der Waals surface area contributed by atoms with Crippen LogP contribution in [0.3, 0.4) is 0 Å². The van der Waals surface area contributed by atoms with Gasteiger partial charge < -0.3 is 5.11 Å². The number of nitriles is 1. The Bertz CT molecular complexity index is 160. The second-order valence-corrected chi connectivity index (χ2v) is 4.59. The van der Waals surface area contributed by atoms with Crippen LogP contribution in [0.2, 0.25) is 0 Å². The van der Waals surface area contributed by atoms with Gasteiger partial charge in [-0.25, -0.2) is 0 Å². The topological polar surface area (TPSA) is 44.0 Å². The molecule has 0 aliphatic heterocycles. The summed E-state index contributed by atoms with van der Waals surface area (Å²) in [5.74, 6) is 0.734. The smallest absolute Gasteiger partial charge is 0.0760 e. The van der Waals surface area contributed by atoms with Crippen molar-refractivity contribution in [3.05, 3.63) is 0 Å². The quantitative estimate of drug-likeness (QED) is 0.728. The van der Waals surface area contributed by atoms with Crippen molar-refractivity contribution in [3.63, 3.8) is 0 Å². The third-order valence-corrected chi connectivity index (χ3v) is 3.67. The fourth-order valence-corrected chi connectivity index (χ4v) is 2.75. The van der Waals surface area contributed by atoms with Crippen LogP contribution < -0.4 is 0 Å². The number of rotatable bonds is 4. The summed E-state index contributed by atoms with van der Waals surface area (Å²) in [4.78, 5) is 0. The van der Waals surface area contributed by atoms with E-state index in [1.165, 1.54) is 25.7 Å². The predicted molar refractivity (Wildman–Crippen MR) is 51.0 cm³/mol. The molecule has 1 atom stereocenters. The Morgan fingerprint density at radius 3 is 2.75 bits per heavy atom. The Labute approximate surface area is 78.0 Å². The maximum atomic E-state index is 9.27. The standard InChI is InChI=1S/C9H15NOS/c10-6-5-8(11)7-12-9-3-1-2-4-9/h8-9,11H,1-5,7H2. The molecular weight excluding hydrogens is 170 g/mol. The van der Waals surface area contributed by atoms with Crippen LogP contribution in [-0.4, -0.2) is 22.2 Å². The largest absolute Gasteiger partial charge is 0.391 e. The molecule has 0 saturated heterocycles. The maximum Gasteiger partial charge on any atom is 0.0760 e. The molecule has 1 rings (SSSR count). The lowest BCUT2D eigenvalue weighted by atomic mass is 10.3. The number of hydrogen-bond acceptors (Lipinski definition) is 3.